The molecule has 0 atom stereocenters. The van der Waals surface area contributed by atoms with Crippen molar-refractivity contribution in [1.29, 1.82) is 0 Å². The number of anilines is 1. The Morgan fingerprint density at radius 3 is 3.09 bits per heavy atom. The normalized spacial score (nSPS) is 14.2. The van der Waals surface area contributed by atoms with Crippen molar-refractivity contribution >= 4 is 5.69 Å². The molecule has 0 unspecified atom stereocenters. The Morgan fingerprint density at radius 2 is 2.09 bits per heavy atom. The summed E-state index contributed by atoms with van der Waals surface area (Å²) in [6.07, 6.45) is 5.01. The molecule has 0 saturated heterocycles. The zero-order chi connectivity index (χ0) is 7.52. The summed E-state index contributed by atoms with van der Waals surface area (Å²) in [4.78, 5) is 0. The molecule has 0 aliphatic carbocycles. The number of allylic oxidation sites excluding steroid dienone is 1. The second-order valence-corrected chi connectivity index (χ2v) is 2.53. The summed E-state index contributed by atoms with van der Waals surface area (Å²) in [5, 5.41) is 0. The summed E-state index contributed by atoms with van der Waals surface area (Å²) in [5.74, 6) is 0. The van der Waals surface area contributed by atoms with Crippen LogP contribution in [-0.2, 0) is 6.42 Å². The molecule has 0 fully saturated rings. The van der Waals surface area contributed by atoms with Crippen LogP contribution in [0.15, 0.2) is 36.5 Å². The highest BCUT2D eigenvalue weighted by molar-refractivity contribution is 5.52. The fourth-order valence-electron chi connectivity index (χ4n) is 1.18. The first-order valence-electron chi connectivity index (χ1n) is 3.71. The summed E-state index contributed by atoms with van der Waals surface area (Å²) < 4.78 is 0. The molecule has 0 bridgehead atoms. The molecule has 1 aromatic carbocycles. The molecule has 0 aromatic heterocycles. The molecule has 0 saturated carbocycles. The third-order valence-electron chi connectivity index (χ3n) is 1.76. The van der Waals surface area contributed by atoms with Crippen molar-refractivity contribution < 1.29 is 0 Å². The lowest BCUT2D eigenvalue weighted by molar-refractivity contribution is 1.06. The molecule has 2 nitrogen and oxygen atoms in total. The van der Waals surface area contributed by atoms with Gasteiger partial charge in [-0.25, -0.2) is 0 Å². The second-order valence-electron chi connectivity index (χ2n) is 2.53. The van der Waals surface area contributed by atoms with Gasteiger partial charge in [-0.3, -0.25) is 0 Å². The Morgan fingerprint density at radius 1 is 1.18 bits per heavy atom. The zero-order valence-electron chi connectivity index (χ0n) is 6.17. The minimum Gasteiger partial charge on any atom is -0.309 e. The Hall–Kier alpha value is -1.44. The summed E-state index contributed by atoms with van der Waals surface area (Å²) in [5.41, 5.74) is 8.55. The number of hydrogen-bond acceptors (Lipinski definition) is 2. The molecule has 2 rings (SSSR count). The number of para-hydroxylation sites is 1. The smallest absolute Gasteiger partial charge is 0.0574 e. The van der Waals surface area contributed by atoms with Gasteiger partial charge in [-0.2, -0.15) is 0 Å². The van der Waals surface area contributed by atoms with E-state index in [2.05, 4.69) is 35.1 Å². The Kier molecular flexibility index (Phi) is 1.52. The first kappa shape index (κ1) is 6.28. The number of hydrazine groups is 1. The molecule has 2 N–H and O–H groups in total. The molecule has 1 aliphatic heterocycles. The van der Waals surface area contributed by atoms with E-state index in [1.807, 2.05) is 12.3 Å². The lowest BCUT2D eigenvalue weighted by Gasteiger charge is -2.06. The van der Waals surface area contributed by atoms with Crippen LogP contribution in [0.25, 0.3) is 0 Å². The Bertz CT molecular complexity index is 279. The summed E-state index contributed by atoms with van der Waals surface area (Å²) >= 11 is 0. The number of fused-ring (bicyclic) bond motifs is 1. The van der Waals surface area contributed by atoms with Crippen LogP contribution in [0.3, 0.4) is 0 Å². The van der Waals surface area contributed by atoms with Crippen LogP contribution >= 0.6 is 0 Å². The maximum absolute atomic E-state index is 3.09. The zero-order valence-corrected chi connectivity index (χ0v) is 6.17. The lowest BCUT2D eigenvalue weighted by atomic mass is 10.1. The predicted octanol–water partition coefficient (Wildman–Crippen LogP) is 1.67. The van der Waals surface area contributed by atoms with Crippen LogP contribution in [0.1, 0.15) is 5.56 Å². The van der Waals surface area contributed by atoms with E-state index < -0.39 is 0 Å². The van der Waals surface area contributed by atoms with Crippen LogP contribution < -0.4 is 10.9 Å². The lowest BCUT2D eigenvalue weighted by Crippen LogP contribution is -2.13. The molecule has 0 spiro atoms. The molecular weight excluding hydrogens is 136 g/mol. The molecular formula is C9H10N2. The van der Waals surface area contributed by atoms with Gasteiger partial charge < -0.3 is 10.9 Å². The van der Waals surface area contributed by atoms with Gasteiger partial charge >= 0.3 is 0 Å². The number of rotatable bonds is 0. The average molecular weight is 146 g/mol. The molecule has 1 aliphatic rings. The van der Waals surface area contributed by atoms with Gasteiger partial charge in [0, 0.05) is 6.20 Å². The fourth-order valence-corrected chi connectivity index (χ4v) is 1.18. The van der Waals surface area contributed by atoms with E-state index in [1.54, 1.807) is 0 Å². The Labute approximate surface area is 65.9 Å². The van der Waals surface area contributed by atoms with Gasteiger partial charge in [-0.15, -0.1) is 0 Å². The predicted molar refractivity (Wildman–Crippen MR) is 46.0 cm³/mol. The molecule has 1 heterocycles. The highest BCUT2D eigenvalue weighted by Gasteiger charge is 1.99. The fraction of sp³-hybridized carbons (Fsp3) is 0.111. The van der Waals surface area contributed by atoms with Crippen molar-refractivity contribution in [3.05, 3.63) is 42.1 Å². The van der Waals surface area contributed by atoms with Crippen molar-refractivity contribution in [1.82, 2.24) is 5.43 Å². The van der Waals surface area contributed by atoms with Gasteiger partial charge in [0.25, 0.3) is 0 Å². The van der Waals surface area contributed by atoms with Gasteiger partial charge in [0.05, 0.1) is 5.69 Å². The van der Waals surface area contributed by atoms with E-state index in [-0.39, 0.29) is 0 Å². The van der Waals surface area contributed by atoms with Gasteiger partial charge in [0.1, 0.15) is 0 Å². The quantitative estimate of drug-likeness (QED) is 0.581. The van der Waals surface area contributed by atoms with E-state index >= 15 is 0 Å². The van der Waals surface area contributed by atoms with Gasteiger partial charge in [0.2, 0.25) is 0 Å². The molecule has 11 heavy (non-hydrogen) atoms. The third kappa shape index (κ3) is 1.19. The van der Waals surface area contributed by atoms with Crippen molar-refractivity contribution in [2.24, 2.45) is 0 Å². The summed E-state index contributed by atoms with van der Waals surface area (Å²) in [6, 6.07) is 8.27. The van der Waals surface area contributed by atoms with E-state index in [0.29, 0.717) is 0 Å². The highest BCUT2D eigenvalue weighted by Crippen LogP contribution is 2.15. The molecule has 2 heteroatoms. The van der Waals surface area contributed by atoms with Gasteiger partial charge in [-0.05, 0) is 18.1 Å². The molecule has 0 radical (unpaired) electrons. The standard InChI is InChI=1S/C9H10N2/c1-2-6-9-8(4-1)5-3-7-10-11-9/h1-4,6-7,10-11H,5H2. The first-order chi connectivity index (χ1) is 5.47. The highest BCUT2D eigenvalue weighted by atomic mass is 15.3. The van der Waals surface area contributed by atoms with E-state index in [0.717, 1.165) is 12.1 Å². The second kappa shape index (κ2) is 2.66. The minimum absolute atomic E-state index is 0.996. The third-order valence-corrected chi connectivity index (χ3v) is 1.76. The largest absolute Gasteiger partial charge is 0.309 e. The van der Waals surface area contributed by atoms with Gasteiger partial charge in [-0.1, -0.05) is 24.3 Å². The summed E-state index contributed by atoms with van der Waals surface area (Å²) in [7, 11) is 0. The average Bonchev–Trinajstić information content (AvgIpc) is 2.28. The SMILES string of the molecule is C1=CNNc2ccccc2C1. The van der Waals surface area contributed by atoms with Crippen LogP contribution in [0.5, 0.6) is 0 Å². The van der Waals surface area contributed by atoms with Crippen LogP contribution in [0.2, 0.25) is 0 Å². The van der Waals surface area contributed by atoms with E-state index in [4.69, 9.17) is 0 Å². The minimum atomic E-state index is 0.996. The number of benzene rings is 1. The van der Waals surface area contributed by atoms with Gasteiger partial charge in [0.15, 0.2) is 0 Å². The van der Waals surface area contributed by atoms with Crippen LogP contribution in [0, 0.1) is 0 Å². The molecule has 0 amide bonds. The maximum Gasteiger partial charge on any atom is 0.0574 e. The number of nitrogens with one attached hydrogen (secondary N) is 2. The van der Waals surface area contributed by atoms with Crippen molar-refractivity contribution in [2.75, 3.05) is 5.43 Å². The molecule has 56 valence electrons. The van der Waals surface area contributed by atoms with Crippen molar-refractivity contribution in [2.45, 2.75) is 6.42 Å². The topological polar surface area (TPSA) is 24.1 Å². The van der Waals surface area contributed by atoms with Crippen molar-refractivity contribution in [3.63, 3.8) is 0 Å². The number of hydrogen-bond donors (Lipinski definition) is 2. The maximum atomic E-state index is 3.09. The van der Waals surface area contributed by atoms with E-state index in [1.165, 1.54) is 5.56 Å². The Balaban J connectivity index is 2.40. The molecule has 1 aromatic rings. The van der Waals surface area contributed by atoms with Crippen LogP contribution in [0.4, 0.5) is 5.69 Å². The van der Waals surface area contributed by atoms with Crippen molar-refractivity contribution in [3.8, 4) is 0 Å². The van der Waals surface area contributed by atoms with Crippen LogP contribution in [-0.4, -0.2) is 0 Å². The monoisotopic (exact) mass is 146 g/mol. The summed E-state index contributed by atoms with van der Waals surface area (Å²) in [6.45, 7) is 0. The van der Waals surface area contributed by atoms with E-state index in [9.17, 15) is 0 Å². The first-order valence-corrected chi connectivity index (χ1v) is 3.71.